The van der Waals surface area contributed by atoms with Gasteiger partial charge in [0.05, 0.1) is 0 Å². The molecule has 0 bridgehead atoms. The number of rotatable bonds is 5. The molecule has 0 fully saturated rings. The molecular weight excluding hydrogens is 230 g/mol. The van der Waals surface area contributed by atoms with Crippen molar-refractivity contribution in [2.75, 3.05) is 6.54 Å². The maximum absolute atomic E-state index is 9.67. The number of hydrogen-bond donors (Lipinski definition) is 2. The van der Waals surface area contributed by atoms with Crippen LogP contribution in [-0.2, 0) is 6.42 Å². The normalized spacial score (nSPS) is 12.6. The molecule has 0 amide bonds. The molecule has 96 valence electrons. The number of nitrogens with zero attached hydrogens (tertiary/aromatic N) is 2. The third-order valence-corrected chi connectivity index (χ3v) is 2.65. The maximum Gasteiger partial charge on any atom is 0.255 e. The van der Waals surface area contributed by atoms with E-state index in [2.05, 4.69) is 16.2 Å². The lowest BCUT2D eigenvalue weighted by molar-refractivity contribution is 0.127. The van der Waals surface area contributed by atoms with Crippen LogP contribution in [0.4, 0.5) is 0 Å². The van der Waals surface area contributed by atoms with Crippen molar-refractivity contribution < 1.29 is 9.63 Å². The van der Waals surface area contributed by atoms with Crippen LogP contribution in [0.1, 0.15) is 35.4 Å². The Kier molecular flexibility index (Phi) is 4.07. The van der Waals surface area contributed by atoms with Crippen molar-refractivity contribution in [2.45, 2.75) is 25.9 Å². The van der Waals surface area contributed by atoms with Crippen LogP contribution in [0.3, 0.4) is 0 Å². The molecule has 3 N–H and O–H groups in total. The molecule has 1 heterocycles. The first kappa shape index (κ1) is 12.7. The average molecular weight is 247 g/mol. The molecule has 0 unspecified atom stereocenters. The van der Waals surface area contributed by atoms with Gasteiger partial charge in [0.15, 0.2) is 5.82 Å². The molecule has 0 radical (unpaired) electrons. The van der Waals surface area contributed by atoms with Gasteiger partial charge in [-0.25, -0.2) is 0 Å². The predicted molar refractivity (Wildman–Crippen MR) is 66.9 cm³/mol. The standard InChI is InChI=1S/C13H17N3O2/c1-9-3-2-4-10(7-9)8-12-15-13(18-16-12)11(17)5-6-14/h2-4,7,11,17H,5-6,8,14H2,1H3/t11-/m0/s1. The summed E-state index contributed by atoms with van der Waals surface area (Å²) in [6.45, 7) is 2.42. The lowest BCUT2D eigenvalue weighted by Gasteiger charge is -2.01. The van der Waals surface area contributed by atoms with Crippen LogP contribution in [0.25, 0.3) is 0 Å². The van der Waals surface area contributed by atoms with E-state index in [1.165, 1.54) is 5.56 Å². The third kappa shape index (κ3) is 3.15. The molecule has 1 atom stereocenters. The van der Waals surface area contributed by atoms with Crippen LogP contribution in [0.2, 0.25) is 0 Å². The van der Waals surface area contributed by atoms with Gasteiger partial charge in [0.2, 0.25) is 0 Å². The smallest absolute Gasteiger partial charge is 0.255 e. The number of aliphatic hydroxyl groups excluding tert-OH is 1. The van der Waals surface area contributed by atoms with Crippen LogP contribution in [0.5, 0.6) is 0 Å². The molecular formula is C13H17N3O2. The Morgan fingerprint density at radius 1 is 1.44 bits per heavy atom. The predicted octanol–water partition coefficient (Wildman–Crippen LogP) is 1.35. The van der Waals surface area contributed by atoms with E-state index in [0.717, 1.165) is 5.56 Å². The summed E-state index contributed by atoms with van der Waals surface area (Å²) in [5.74, 6) is 0.815. The van der Waals surface area contributed by atoms with Crippen molar-refractivity contribution in [1.82, 2.24) is 10.1 Å². The lowest BCUT2D eigenvalue weighted by atomic mass is 10.1. The summed E-state index contributed by atoms with van der Waals surface area (Å²) in [5.41, 5.74) is 7.68. The number of hydrogen-bond acceptors (Lipinski definition) is 5. The van der Waals surface area contributed by atoms with Gasteiger partial charge in [-0.1, -0.05) is 35.0 Å². The molecule has 0 aliphatic carbocycles. The second kappa shape index (κ2) is 5.75. The van der Waals surface area contributed by atoms with Gasteiger partial charge in [0.1, 0.15) is 6.10 Å². The summed E-state index contributed by atoms with van der Waals surface area (Å²) in [5, 5.41) is 13.5. The quantitative estimate of drug-likeness (QED) is 0.833. The van der Waals surface area contributed by atoms with Gasteiger partial charge in [0.25, 0.3) is 5.89 Å². The summed E-state index contributed by atoms with van der Waals surface area (Å²) in [6.07, 6.45) is 0.251. The fourth-order valence-corrected chi connectivity index (χ4v) is 1.76. The first-order valence-corrected chi connectivity index (χ1v) is 5.95. The van der Waals surface area contributed by atoms with Crippen LogP contribution in [0, 0.1) is 6.92 Å². The van der Waals surface area contributed by atoms with Crippen LogP contribution >= 0.6 is 0 Å². The number of aromatic nitrogens is 2. The number of aliphatic hydroxyl groups is 1. The van der Waals surface area contributed by atoms with Crippen molar-refractivity contribution in [2.24, 2.45) is 5.73 Å². The van der Waals surface area contributed by atoms with Gasteiger partial charge in [-0.15, -0.1) is 0 Å². The monoisotopic (exact) mass is 247 g/mol. The summed E-state index contributed by atoms with van der Waals surface area (Å²) < 4.78 is 5.01. The van der Waals surface area contributed by atoms with E-state index in [1.54, 1.807) is 0 Å². The molecule has 1 aromatic carbocycles. The second-order valence-electron chi connectivity index (χ2n) is 4.31. The lowest BCUT2D eigenvalue weighted by Crippen LogP contribution is -2.07. The van der Waals surface area contributed by atoms with Crippen LogP contribution in [0.15, 0.2) is 28.8 Å². The maximum atomic E-state index is 9.67. The van der Waals surface area contributed by atoms with Crippen molar-refractivity contribution in [3.05, 3.63) is 47.1 Å². The highest BCUT2D eigenvalue weighted by Gasteiger charge is 2.15. The largest absolute Gasteiger partial charge is 0.383 e. The fourth-order valence-electron chi connectivity index (χ4n) is 1.76. The van der Waals surface area contributed by atoms with E-state index in [-0.39, 0.29) is 5.89 Å². The van der Waals surface area contributed by atoms with Crippen LogP contribution in [-0.4, -0.2) is 21.8 Å². The van der Waals surface area contributed by atoms with Crippen LogP contribution < -0.4 is 5.73 Å². The molecule has 0 aliphatic rings. The van der Waals surface area contributed by atoms with E-state index in [4.69, 9.17) is 10.3 Å². The second-order valence-corrected chi connectivity index (χ2v) is 4.31. The topological polar surface area (TPSA) is 85.2 Å². The molecule has 2 rings (SSSR count). The highest BCUT2D eigenvalue weighted by molar-refractivity contribution is 5.24. The summed E-state index contributed by atoms with van der Waals surface area (Å²) >= 11 is 0. The molecule has 0 spiro atoms. The van der Waals surface area contributed by atoms with E-state index < -0.39 is 6.10 Å². The average Bonchev–Trinajstić information content (AvgIpc) is 2.78. The fraction of sp³-hybridized carbons (Fsp3) is 0.385. The van der Waals surface area contributed by atoms with Crippen molar-refractivity contribution in [3.63, 3.8) is 0 Å². The summed E-state index contributed by atoms with van der Waals surface area (Å²) in [7, 11) is 0. The SMILES string of the molecule is Cc1cccc(Cc2noc([C@@H](O)CCN)n2)c1. The van der Waals surface area contributed by atoms with Crippen molar-refractivity contribution in [3.8, 4) is 0 Å². The Hall–Kier alpha value is -1.72. The summed E-state index contributed by atoms with van der Waals surface area (Å²) in [6, 6.07) is 8.12. The minimum atomic E-state index is -0.770. The van der Waals surface area contributed by atoms with E-state index in [9.17, 15) is 5.11 Å². The first-order valence-electron chi connectivity index (χ1n) is 5.95. The van der Waals surface area contributed by atoms with Gasteiger partial charge < -0.3 is 15.4 Å². The van der Waals surface area contributed by atoms with Crippen molar-refractivity contribution in [1.29, 1.82) is 0 Å². The number of nitrogens with two attached hydrogens (primary N) is 1. The molecule has 0 saturated heterocycles. The van der Waals surface area contributed by atoms with Gasteiger partial charge >= 0.3 is 0 Å². The van der Waals surface area contributed by atoms with E-state index >= 15 is 0 Å². The van der Waals surface area contributed by atoms with Gasteiger partial charge in [0, 0.05) is 6.42 Å². The highest BCUT2D eigenvalue weighted by Crippen LogP contribution is 2.15. The Balaban J connectivity index is 2.06. The van der Waals surface area contributed by atoms with E-state index in [0.29, 0.717) is 25.2 Å². The summed E-state index contributed by atoms with van der Waals surface area (Å²) in [4.78, 5) is 4.17. The van der Waals surface area contributed by atoms with Gasteiger partial charge in [-0.05, 0) is 25.5 Å². The van der Waals surface area contributed by atoms with E-state index in [1.807, 2.05) is 25.1 Å². The molecule has 0 aliphatic heterocycles. The minimum Gasteiger partial charge on any atom is -0.383 e. The number of aryl methyl sites for hydroxylation is 1. The Morgan fingerprint density at radius 2 is 2.28 bits per heavy atom. The van der Waals surface area contributed by atoms with Gasteiger partial charge in [-0.3, -0.25) is 0 Å². The number of benzene rings is 1. The van der Waals surface area contributed by atoms with Gasteiger partial charge in [-0.2, -0.15) is 4.98 Å². The molecule has 0 saturated carbocycles. The minimum absolute atomic E-state index is 0.239. The zero-order valence-corrected chi connectivity index (χ0v) is 10.3. The first-order chi connectivity index (χ1) is 8.69. The zero-order valence-electron chi connectivity index (χ0n) is 10.3. The Morgan fingerprint density at radius 3 is 3.00 bits per heavy atom. The molecule has 1 aromatic heterocycles. The third-order valence-electron chi connectivity index (χ3n) is 2.65. The molecule has 5 nitrogen and oxygen atoms in total. The Bertz CT molecular complexity index is 510. The molecule has 5 heteroatoms. The highest BCUT2D eigenvalue weighted by atomic mass is 16.5. The zero-order chi connectivity index (χ0) is 13.0. The molecule has 18 heavy (non-hydrogen) atoms. The molecule has 2 aromatic rings. The Labute approximate surface area is 106 Å². The van der Waals surface area contributed by atoms with Crippen molar-refractivity contribution >= 4 is 0 Å².